The molecule has 0 bridgehead atoms. The Hall–Kier alpha value is -3.73. The maximum atomic E-state index is 12.5. The Morgan fingerprint density at radius 1 is 1.15 bits per heavy atom. The van der Waals surface area contributed by atoms with Crippen molar-refractivity contribution in [1.29, 1.82) is 0 Å². The number of nitrogens with zero attached hydrogens (tertiary/aromatic N) is 7. The first-order valence-corrected chi connectivity index (χ1v) is 10.9. The summed E-state index contributed by atoms with van der Waals surface area (Å²) in [7, 11) is 3.35. The number of aromatic amines is 1. The van der Waals surface area contributed by atoms with Crippen LogP contribution >= 0.6 is 0 Å². The van der Waals surface area contributed by atoms with Crippen LogP contribution in [0.1, 0.15) is 12.2 Å². The van der Waals surface area contributed by atoms with Crippen LogP contribution in [0.2, 0.25) is 0 Å². The summed E-state index contributed by atoms with van der Waals surface area (Å²) in [6.45, 7) is 2.67. The number of pyridine rings is 1. The van der Waals surface area contributed by atoms with E-state index < -0.39 is 0 Å². The summed E-state index contributed by atoms with van der Waals surface area (Å²) in [5, 5.41) is 13.9. The average molecular weight is 451 g/mol. The predicted octanol–water partition coefficient (Wildman–Crippen LogP) is 1.56. The van der Waals surface area contributed by atoms with Gasteiger partial charge in [0, 0.05) is 50.6 Å². The lowest BCUT2D eigenvalue weighted by molar-refractivity contribution is -0.117. The highest BCUT2D eigenvalue weighted by molar-refractivity contribution is 6.04. The summed E-state index contributed by atoms with van der Waals surface area (Å²) in [6.07, 6.45) is 3.54. The molecule has 11 heteroatoms. The molecule has 0 unspecified atom stereocenters. The van der Waals surface area contributed by atoms with Crippen molar-refractivity contribution >= 4 is 28.7 Å². The second-order valence-corrected chi connectivity index (χ2v) is 8.10. The summed E-state index contributed by atoms with van der Waals surface area (Å²) < 4.78 is 11.2. The van der Waals surface area contributed by atoms with E-state index in [1.165, 1.54) is 0 Å². The first kappa shape index (κ1) is 21.1. The number of hydrogen-bond donors (Lipinski definition) is 1. The minimum absolute atomic E-state index is 0.0145. The van der Waals surface area contributed by atoms with Gasteiger partial charge in [-0.2, -0.15) is 5.21 Å². The van der Waals surface area contributed by atoms with Crippen molar-refractivity contribution < 1.29 is 14.3 Å². The number of ether oxygens (including phenoxy) is 2. The van der Waals surface area contributed by atoms with Crippen LogP contribution in [0.5, 0.6) is 5.88 Å². The fourth-order valence-electron chi connectivity index (χ4n) is 4.06. The van der Waals surface area contributed by atoms with Gasteiger partial charge in [-0.15, -0.1) is 10.2 Å². The highest BCUT2D eigenvalue weighted by Crippen LogP contribution is 2.39. The van der Waals surface area contributed by atoms with Crippen LogP contribution in [0.15, 0.2) is 36.5 Å². The summed E-state index contributed by atoms with van der Waals surface area (Å²) in [5.41, 5.74) is 3.75. The van der Waals surface area contributed by atoms with Gasteiger partial charge in [0.2, 0.25) is 11.8 Å². The SMILES string of the molecule is COc1cc2c(cn1)N(C)C(=O)CN2c1ccc(N2CC(OCCCc3nn[nH]n3)C2)cc1. The van der Waals surface area contributed by atoms with E-state index in [-0.39, 0.29) is 18.6 Å². The third kappa shape index (κ3) is 4.31. The van der Waals surface area contributed by atoms with Crippen molar-refractivity contribution in [3.8, 4) is 5.88 Å². The molecule has 2 aromatic heterocycles. The standard InChI is InChI=1S/C22H26N8O3/c1-28-19-11-23-21(32-2)10-18(19)30(14-22(28)31)16-7-5-15(6-8-16)29-12-17(13-29)33-9-3-4-20-24-26-27-25-20/h5-8,10-11,17H,3-4,9,12-14H2,1-2H3,(H,24,25,26,27). The maximum absolute atomic E-state index is 12.5. The zero-order chi connectivity index (χ0) is 22.8. The highest BCUT2D eigenvalue weighted by atomic mass is 16.5. The second-order valence-electron chi connectivity index (χ2n) is 8.10. The quantitative estimate of drug-likeness (QED) is 0.511. The molecule has 1 fully saturated rings. The van der Waals surface area contributed by atoms with Gasteiger partial charge in [-0.3, -0.25) is 4.79 Å². The Morgan fingerprint density at radius 2 is 1.94 bits per heavy atom. The molecule has 0 saturated carbocycles. The number of H-pyrrole nitrogens is 1. The molecule has 2 aliphatic heterocycles. The molecule has 0 aliphatic carbocycles. The monoisotopic (exact) mass is 450 g/mol. The molecule has 172 valence electrons. The van der Waals surface area contributed by atoms with Crippen molar-refractivity contribution in [1.82, 2.24) is 25.6 Å². The molecule has 0 atom stereocenters. The Labute approximate surface area is 191 Å². The summed E-state index contributed by atoms with van der Waals surface area (Å²) in [5.74, 6) is 1.25. The van der Waals surface area contributed by atoms with Gasteiger partial charge in [0.15, 0.2) is 5.82 Å². The molecule has 2 aliphatic rings. The maximum Gasteiger partial charge on any atom is 0.246 e. The number of nitrogens with one attached hydrogen (secondary N) is 1. The van der Waals surface area contributed by atoms with Crippen LogP contribution < -0.4 is 19.4 Å². The zero-order valence-electron chi connectivity index (χ0n) is 18.6. The van der Waals surface area contributed by atoms with Crippen LogP contribution in [0.4, 0.5) is 22.7 Å². The molecule has 5 rings (SSSR count). The number of tetrazole rings is 1. The molecule has 0 radical (unpaired) electrons. The molecule has 3 aromatic rings. The van der Waals surface area contributed by atoms with Gasteiger partial charge in [-0.1, -0.05) is 5.21 Å². The number of hydrogen-bond acceptors (Lipinski definition) is 9. The fourth-order valence-corrected chi connectivity index (χ4v) is 4.06. The molecule has 4 heterocycles. The van der Waals surface area contributed by atoms with E-state index in [4.69, 9.17) is 9.47 Å². The normalized spacial score (nSPS) is 16.1. The number of aromatic nitrogens is 5. The first-order valence-electron chi connectivity index (χ1n) is 10.9. The lowest BCUT2D eigenvalue weighted by atomic mass is 10.1. The second kappa shape index (κ2) is 9.02. The number of anilines is 4. The van der Waals surface area contributed by atoms with E-state index >= 15 is 0 Å². The zero-order valence-corrected chi connectivity index (χ0v) is 18.6. The molecular formula is C22H26N8O3. The van der Waals surface area contributed by atoms with Gasteiger partial charge in [0.1, 0.15) is 6.54 Å². The highest BCUT2D eigenvalue weighted by Gasteiger charge is 2.30. The fraction of sp³-hybridized carbons (Fsp3) is 0.409. The lowest BCUT2D eigenvalue weighted by Gasteiger charge is -2.41. The van der Waals surface area contributed by atoms with E-state index in [9.17, 15) is 4.79 Å². The lowest BCUT2D eigenvalue weighted by Crippen LogP contribution is -2.52. The number of amides is 1. The van der Waals surface area contributed by atoms with Gasteiger partial charge in [0.05, 0.1) is 30.8 Å². The number of likely N-dealkylation sites (N-methyl/N-ethyl adjacent to an activating group) is 1. The molecule has 1 N–H and O–H groups in total. The number of rotatable bonds is 8. The van der Waals surface area contributed by atoms with E-state index in [1.807, 2.05) is 23.1 Å². The van der Waals surface area contributed by atoms with Crippen LogP contribution in [-0.4, -0.2) is 78.0 Å². The van der Waals surface area contributed by atoms with Gasteiger partial charge < -0.3 is 24.2 Å². The minimum atomic E-state index is 0.0145. The van der Waals surface area contributed by atoms with Crippen molar-refractivity contribution in [2.75, 3.05) is 55.1 Å². The van der Waals surface area contributed by atoms with Gasteiger partial charge in [0.25, 0.3) is 0 Å². The summed E-state index contributed by atoms with van der Waals surface area (Å²) in [4.78, 5) is 22.7. The van der Waals surface area contributed by atoms with Crippen molar-refractivity contribution in [2.45, 2.75) is 18.9 Å². The van der Waals surface area contributed by atoms with Crippen LogP contribution in [-0.2, 0) is 16.0 Å². The Kier molecular flexibility index (Phi) is 5.78. The smallest absolute Gasteiger partial charge is 0.246 e. The molecule has 11 nitrogen and oxygen atoms in total. The third-order valence-corrected chi connectivity index (χ3v) is 6.03. The Balaban J connectivity index is 1.18. The third-order valence-electron chi connectivity index (χ3n) is 6.03. The molecule has 33 heavy (non-hydrogen) atoms. The minimum Gasteiger partial charge on any atom is -0.481 e. The number of aryl methyl sites for hydroxylation is 1. The van der Waals surface area contributed by atoms with E-state index in [0.29, 0.717) is 18.3 Å². The Bertz CT molecular complexity index is 1100. The van der Waals surface area contributed by atoms with E-state index in [0.717, 1.165) is 48.7 Å². The Morgan fingerprint density at radius 3 is 2.67 bits per heavy atom. The first-order chi connectivity index (χ1) is 16.1. The van der Waals surface area contributed by atoms with Crippen molar-refractivity contribution in [2.24, 2.45) is 0 Å². The van der Waals surface area contributed by atoms with E-state index in [2.05, 4.69) is 42.6 Å². The summed E-state index contributed by atoms with van der Waals surface area (Å²) >= 11 is 0. The molecule has 1 amide bonds. The van der Waals surface area contributed by atoms with Crippen LogP contribution in [0, 0.1) is 0 Å². The van der Waals surface area contributed by atoms with Gasteiger partial charge in [-0.25, -0.2) is 4.98 Å². The predicted molar refractivity (Wildman–Crippen MR) is 122 cm³/mol. The number of fused-ring (bicyclic) bond motifs is 1. The summed E-state index contributed by atoms with van der Waals surface area (Å²) in [6, 6.07) is 10.1. The molecular weight excluding hydrogens is 424 g/mol. The van der Waals surface area contributed by atoms with Crippen LogP contribution in [0.3, 0.4) is 0 Å². The van der Waals surface area contributed by atoms with E-state index in [1.54, 1.807) is 25.3 Å². The van der Waals surface area contributed by atoms with Crippen molar-refractivity contribution in [3.05, 3.63) is 42.4 Å². The number of benzene rings is 1. The number of methoxy groups -OCH3 is 1. The molecule has 1 aromatic carbocycles. The number of carbonyl (C=O) groups is 1. The number of carbonyl (C=O) groups excluding carboxylic acids is 1. The molecule has 1 saturated heterocycles. The molecule has 0 spiro atoms. The topological polar surface area (TPSA) is 113 Å². The van der Waals surface area contributed by atoms with Crippen LogP contribution in [0.25, 0.3) is 0 Å². The van der Waals surface area contributed by atoms with Gasteiger partial charge in [-0.05, 0) is 30.7 Å². The largest absolute Gasteiger partial charge is 0.481 e. The average Bonchev–Trinajstić information content (AvgIpc) is 3.33. The van der Waals surface area contributed by atoms with Gasteiger partial charge >= 0.3 is 0 Å². The van der Waals surface area contributed by atoms with Crippen molar-refractivity contribution in [3.63, 3.8) is 0 Å².